The minimum absolute atomic E-state index is 0.0195. The smallest absolute Gasteiger partial charge is 0.00622 e. The number of benzene rings is 2. The van der Waals surface area contributed by atoms with Gasteiger partial charge in [0.15, 0.2) is 0 Å². The van der Waals surface area contributed by atoms with Crippen molar-refractivity contribution < 1.29 is 0 Å². The maximum absolute atomic E-state index is 2.41. The normalized spacial score (nSPS) is 12.7. The summed E-state index contributed by atoms with van der Waals surface area (Å²) in [5, 5.41) is 3.00. The molecule has 0 bridgehead atoms. The van der Waals surface area contributed by atoms with Crippen LogP contribution in [0.2, 0.25) is 0 Å². The molecule has 144 valence electrons. The van der Waals surface area contributed by atoms with E-state index in [2.05, 4.69) is 91.8 Å². The van der Waals surface area contributed by atoms with Crippen LogP contribution in [0.25, 0.3) is 10.8 Å². The van der Waals surface area contributed by atoms with Crippen LogP contribution in [-0.4, -0.2) is 22.6 Å². The molecule has 0 radical (unpaired) electrons. The maximum atomic E-state index is 2.41. The number of hydrogen-bond donors (Lipinski definition) is 0. The van der Waals surface area contributed by atoms with Crippen LogP contribution in [0, 0.1) is 0 Å². The highest BCUT2D eigenvalue weighted by molar-refractivity contribution is 7.58. The first-order valence-corrected chi connectivity index (χ1v) is 13.6. The largest absolute Gasteiger partial charge is 0.0969 e. The van der Waals surface area contributed by atoms with Gasteiger partial charge < -0.3 is 0 Å². The molecule has 0 spiro atoms. The van der Waals surface area contributed by atoms with E-state index in [1.807, 2.05) is 0 Å². The predicted octanol–water partition coefficient (Wildman–Crippen LogP) is 8.44. The van der Waals surface area contributed by atoms with Gasteiger partial charge in [-0.1, -0.05) is 108 Å². The molecule has 0 N–H and O–H groups in total. The van der Waals surface area contributed by atoms with Crippen molar-refractivity contribution in [2.24, 2.45) is 0 Å². The second-order valence-electron chi connectivity index (χ2n) is 8.65. The SMILES string of the molecule is CC(C)P(Cc1cccc2cccc(CP(C(C)C)C(C)C)c12)C(C)C. The molecule has 26 heavy (non-hydrogen) atoms. The first-order valence-electron chi connectivity index (χ1n) is 10.2. The Morgan fingerprint density at radius 3 is 1.23 bits per heavy atom. The Bertz CT molecular complexity index is 628. The van der Waals surface area contributed by atoms with E-state index in [0.717, 1.165) is 22.6 Å². The summed E-state index contributed by atoms with van der Waals surface area (Å²) in [5.41, 5.74) is 6.33. The van der Waals surface area contributed by atoms with Crippen LogP contribution in [0.5, 0.6) is 0 Å². The molecular formula is C24H38P2. The van der Waals surface area contributed by atoms with Crippen LogP contribution in [0.4, 0.5) is 0 Å². The molecule has 2 heteroatoms. The Balaban J connectivity index is 2.49. The van der Waals surface area contributed by atoms with Gasteiger partial charge in [0.1, 0.15) is 0 Å². The summed E-state index contributed by atoms with van der Waals surface area (Å²) < 4.78 is 0. The molecule has 0 aromatic heterocycles. The zero-order chi connectivity index (χ0) is 19.4. The minimum atomic E-state index is 0.0195. The summed E-state index contributed by atoms with van der Waals surface area (Å²) in [6, 6.07) is 14.0. The Kier molecular flexibility index (Phi) is 8.12. The quantitative estimate of drug-likeness (QED) is 0.398. The zero-order valence-electron chi connectivity index (χ0n) is 18.1. The number of fused-ring (bicyclic) bond motifs is 1. The molecular weight excluding hydrogens is 350 g/mol. The van der Waals surface area contributed by atoms with Crippen molar-refractivity contribution in [1.29, 1.82) is 0 Å². The predicted molar refractivity (Wildman–Crippen MR) is 126 cm³/mol. The highest BCUT2D eigenvalue weighted by Crippen LogP contribution is 2.52. The molecule has 0 amide bonds. The molecule has 0 nitrogen and oxygen atoms in total. The van der Waals surface area contributed by atoms with Crippen molar-refractivity contribution in [3.8, 4) is 0 Å². The lowest BCUT2D eigenvalue weighted by Crippen LogP contribution is -2.07. The van der Waals surface area contributed by atoms with E-state index in [9.17, 15) is 0 Å². The van der Waals surface area contributed by atoms with E-state index in [1.54, 1.807) is 16.5 Å². The van der Waals surface area contributed by atoms with Gasteiger partial charge in [-0.15, -0.1) is 0 Å². The van der Waals surface area contributed by atoms with Crippen molar-refractivity contribution in [2.45, 2.75) is 90.3 Å². The lowest BCUT2D eigenvalue weighted by molar-refractivity contribution is 0.994. The minimum Gasteiger partial charge on any atom is -0.0969 e. The summed E-state index contributed by atoms with van der Waals surface area (Å²) in [5.74, 6) is 0. The molecule has 2 rings (SSSR count). The Hall–Kier alpha value is -0.440. The van der Waals surface area contributed by atoms with E-state index in [4.69, 9.17) is 0 Å². The summed E-state index contributed by atoms with van der Waals surface area (Å²) in [6.45, 7) is 19.3. The van der Waals surface area contributed by atoms with Crippen LogP contribution < -0.4 is 0 Å². The molecule has 0 aliphatic rings. The first kappa shape index (κ1) is 21.9. The molecule has 0 fully saturated rings. The third-order valence-electron chi connectivity index (χ3n) is 5.44. The van der Waals surface area contributed by atoms with Gasteiger partial charge in [0, 0.05) is 0 Å². The van der Waals surface area contributed by atoms with Crippen LogP contribution in [0.1, 0.15) is 66.5 Å². The van der Waals surface area contributed by atoms with Gasteiger partial charge in [0.05, 0.1) is 0 Å². The Morgan fingerprint density at radius 1 is 0.577 bits per heavy atom. The highest BCUT2D eigenvalue weighted by Gasteiger charge is 2.21. The molecule has 2 aromatic carbocycles. The molecule has 0 saturated heterocycles. The lowest BCUT2D eigenvalue weighted by Gasteiger charge is -2.28. The third kappa shape index (κ3) is 5.30. The van der Waals surface area contributed by atoms with Crippen LogP contribution >= 0.6 is 15.8 Å². The van der Waals surface area contributed by atoms with E-state index >= 15 is 0 Å². The van der Waals surface area contributed by atoms with Gasteiger partial charge in [-0.05, 0) is 56.9 Å². The van der Waals surface area contributed by atoms with Crippen molar-refractivity contribution in [3.05, 3.63) is 47.5 Å². The van der Waals surface area contributed by atoms with Gasteiger partial charge in [-0.25, -0.2) is 0 Å². The zero-order valence-corrected chi connectivity index (χ0v) is 19.9. The molecule has 0 saturated carbocycles. The van der Waals surface area contributed by atoms with Gasteiger partial charge in [0.2, 0.25) is 0 Å². The molecule has 0 aliphatic carbocycles. The number of rotatable bonds is 8. The van der Waals surface area contributed by atoms with Gasteiger partial charge in [-0.3, -0.25) is 0 Å². The molecule has 0 atom stereocenters. The summed E-state index contributed by atoms with van der Waals surface area (Å²) >= 11 is 0. The fourth-order valence-corrected chi connectivity index (χ4v) is 9.24. The number of hydrogen-bond acceptors (Lipinski definition) is 0. The van der Waals surface area contributed by atoms with E-state index < -0.39 is 0 Å². The molecule has 2 aromatic rings. The van der Waals surface area contributed by atoms with Crippen molar-refractivity contribution in [1.82, 2.24) is 0 Å². The van der Waals surface area contributed by atoms with Crippen molar-refractivity contribution >= 4 is 26.6 Å². The van der Waals surface area contributed by atoms with Crippen LogP contribution in [0.15, 0.2) is 36.4 Å². The summed E-state index contributed by atoms with van der Waals surface area (Å²) in [4.78, 5) is 0. The first-order chi connectivity index (χ1) is 12.2. The Labute approximate surface area is 164 Å². The van der Waals surface area contributed by atoms with E-state index in [1.165, 1.54) is 17.7 Å². The van der Waals surface area contributed by atoms with E-state index in [0.29, 0.717) is 0 Å². The monoisotopic (exact) mass is 388 g/mol. The average Bonchev–Trinajstić information content (AvgIpc) is 2.56. The topological polar surface area (TPSA) is 0 Å². The lowest BCUT2D eigenvalue weighted by atomic mass is 10.0. The average molecular weight is 389 g/mol. The fraction of sp³-hybridized carbons (Fsp3) is 0.583. The summed E-state index contributed by atoms with van der Waals surface area (Å²) in [7, 11) is 0.0391. The van der Waals surface area contributed by atoms with Crippen molar-refractivity contribution in [3.63, 3.8) is 0 Å². The summed E-state index contributed by atoms with van der Waals surface area (Å²) in [6.07, 6.45) is 2.53. The van der Waals surface area contributed by atoms with Gasteiger partial charge >= 0.3 is 0 Å². The van der Waals surface area contributed by atoms with Crippen LogP contribution in [-0.2, 0) is 12.3 Å². The molecule has 0 heterocycles. The second kappa shape index (κ2) is 9.66. The van der Waals surface area contributed by atoms with E-state index in [-0.39, 0.29) is 15.8 Å². The third-order valence-corrected chi connectivity index (χ3v) is 12.2. The van der Waals surface area contributed by atoms with Gasteiger partial charge in [-0.2, -0.15) is 0 Å². The maximum Gasteiger partial charge on any atom is -0.00622 e. The Morgan fingerprint density at radius 2 is 0.923 bits per heavy atom. The van der Waals surface area contributed by atoms with Crippen LogP contribution in [0.3, 0.4) is 0 Å². The highest BCUT2D eigenvalue weighted by atomic mass is 31.1. The standard InChI is InChI=1S/C24H38P2/c1-17(2)25(18(3)4)15-22-13-9-11-21-12-10-14-23(24(21)22)16-26(19(5)6)20(7)8/h9-14,17-20H,15-16H2,1-8H3. The molecule has 0 aliphatic heterocycles. The second-order valence-corrected chi connectivity index (χ2v) is 15.5. The fourth-order valence-electron chi connectivity index (χ4n) is 4.08. The van der Waals surface area contributed by atoms with Crippen molar-refractivity contribution in [2.75, 3.05) is 0 Å². The molecule has 0 unspecified atom stereocenters. The van der Waals surface area contributed by atoms with Gasteiger partial charge in [0.25, 0.3) is 0 Å².